The molecule has 0 radical (unpaired) electrons. The highest BCUT2D eigenvalue weighted by molar-refractivity contribution is 5.44. The molecule has 2 aromatic carbocycles. The van der Waals surface area contributed by atoms with E-state index < -0.39 is 11.3 Å². The van der Waals surface area contributed by atoms with Crippen LogP contribution in [0.2, 0.25) is 0 Å². The summed E-state index contributed by atoms with van der Waals surface area (Å²) in [4.78, 5) is 2.50. The minimum atomic E-state index is -1.24. The first kappa shape index (κ1) is 26.4. The normalized spacial score (nSPS) is 18.6. The molecule has 4 heteroatoms. The Hall–Kier alpha value is -2.25. The molecular weight excluding hydrogens is 426 g/mol. The third-order valence-electron chi connectivity index (χ3n) is 7.81. The van der Waals surface area contributed by atoms with Crippen molar-refractivity contribution >= 4 is 0 Å². The molecule has 0 heterocycles. The zero-order valence-electron chi connectivity index (χ0n) is 21.1. The second-order valence-corrected chi connectivity index (χ2v) is 9.94. The second-order valence-electron chi connectivity index (χ2n) is 9.94. The third kappa shape index (κ3) is 6.05. The molecule has 184 valence electrons. The van der Waals surface area contributed by atoms with E-state index in [9.17, 15) is 0 Å². The predicted octanol–water partition coefficient (Wildman–Crippen LogP) is 7.80. The number of nitrogens with zero attached hydrogens (tertiary/aromatic N) is 2. The summed E-state index contributed by atoms with van der Waals surface area (Å²) >= 11 is 0. The Balaban J connectivity index is 0.00000103. The van der Waals surface area contributed by atoms with E-state index in [4.69, 9.17) is 5.26 Å². The van der Waals surface area contributed by atoms with Crippen LogP contribution in [-0.2, 0) is 24.2 Å². The lowest BCUT2D eigenvalue weighted by Gasteiger charge is -2.40. The average molecular weight is 467 g/mol. The SMILES string of the molecule is CC#N.CCN(CCc1ccccc1)C(C)CCc1c(C2(F)CCC2)cccc1C1(F)CCC1. The number of hydrogen-bond donors (Lipinski definition) is 0. The molecule has 1 unspecified atom stereocenters. The second kappa shape index (κ2) is 11.9. The van der Waals surface area contributed by atoms with Crippen molar-refractivity contribution in [3.8, 4) is 6.07 Å². The largest absolute Gasteiger partial charge is 0.301 e. The molecular formula is C30H40F2N2. The summed E-state index contributed by atoms with van der Waals surface area (Å²) in [6.45, 7) is 7.90. The molecule has 2 aromatic rings. The highest BCUT2D eigenvalue weighted by Crippen LogP contribution is 2.51. The van der Waals surface area contributed by atoms with Gasteiger partial charge in [-0.05, 0) is 93.5 Å². The van der Waals surface area contributed by atoms with Crippen LogP contribution >= 0.6 is 0 Å². The first-order chi connectivity index (χ1) is 16.4. The van der Waals surface area contributed by atoms with Crippen molar-refractivity contribution in [2.45, 2.75) is 95.9 Å². The van der Waals surface area contributed by atoms with E-state index in [1.807, 2.05) is 18.2 Å². The van der Waals surface area contributed by atoms with Gasteiger partial charge in [-0.2, -0.15) is 5.26 Å². The molecule has 2 nitrogen and oxygen atoms in total. The molecule has 0 saturated heterocycles. The summed E-state index contributed by atoms with van der Waals surface area (Å²) in [5, 5.41) is 7.32. The maximum Gasteiger partial charge on any atom is 0.136 e. The molecule has 1 atom stereocenters. The smallest absolute Gasteiger partial charge is 0.136 e. The monoisotopic (exact) mass is 466 g/mol. The molecule has 0 amide bonds. The van der Waals surface area contributed by atoms with Crippen LogP contribution in [-0.4, -0.2) is 24.0 Å². The molecule has 2 fully saturated rings. The van der Waals surface area contributed by atoms with E-state index in [2.05, 4.69) is 49.1 Å². The van der Waals surface area contributed by atoms with E-state index >= 15 is 8.78 Å². The number of alkyl halides is 2. The van der Waals surface area contributed by atoms with Crippen LogP contribution in [0.3, 0.4) is 0 Å². The van der Waals surface area contributed by atoms with Gasteiger partial charge in [0.15, 0.2) is 0 Å². The fourth-order valence-electron chi connectivity index (χ4n) is 5.35. The number of likely N-dealkylation sites (N-methyl/N-ethyl adjacent to an activating group) is 1. The Kier molecular flexibility index (Phi) is 9.25. The number of rotatable bonds is 10. The van der Waals surface area contributed by atoms with Gasteiger partial charge in [0.1, 0.15) is 11.3 Å². The van der Waals surface area contributed by atoms with Gasteiger partial charge in [-0.15, -0.1) is 0 Å². The standard InChI is InChI=1S/C28H37F2N.C2H3N/c1-3-31(21-16-23-10-5-4-6-11-23)22(2)14-15-24-25(27(29)17-8-18-27)12-7-13-26(24)28(30)19-9-20-28;1-2-3/h4-7,10-13,22H,3,8-9,14-21H2,1-2H3;1H3. The molecule has 2 aliphatic carbocycles. The summed E-state index contributed by atoms with van der Waals surface area (Å²) in [7, 11) is 0. The number of halogens is 2. The summed E-state index contributed by atoms with van der Waals surface area (Å²) in [5.74, 6) is 0. The Morgan fingerprint density at radius 3 is 1.88 bits per heavy atom. The van der Waals surface area contributed by atoms with E-state index in [1.54, 1.807) is 6.07 Å². The van der Waals surface area contributed by atoms with Crippen LogP contribution in [0.5, 0.6) is 0 Å². The Morgan fingerprint density at radius 1 is 0.912 bits per heavy atom. The van der Waals surface area contributed by atoms with Crippen molar-refractivity contribution < 1.29 is 8.78 Å². The highest BCUT2D eigenvalue weighted by Gasteiger charge is 2.45. The van der Waals surface area contributed by atoms with Crippen molar-refractivity contribution in [3.05, 3.63) is 70.8 Å². The summed E-state index contributed by atoms with van der Waals surface area (Å²) < 4.78 is 31.0. The van der Waals surface area contributed by atoms with E-state index in [1.165, 1.54) is 12.5 Å². The van der Waals surface area contributed by atoms with E-state index in [0.29, 0.717) is 31.7 Å². The van der Waals surface area contributed by atoms with Crippen LogP contribution in [0.4, 0.5) is 8.78 Å². The van der Waals surface area contributed by atoms with Gasteiger partial charge >= 0.3 is 0 Å². The van der Waals surface area contributed by atoms with Crippen LogP contribution in [0.15, 0.2) is 48.5 Å². The van der Waals surface area contributed by atoms with E-state index in [-0.39, 0.29) is 0 Å². The molecule has 0 aliphatic heterocycles. The Bertz CT molecular complexity index is 904. The molecule has 0 bridgehead atoms. The van der Waals surface area contributed by atoms with Gasteiger partial charge in [0.05, 0.1) is 6.07 Å². The molecule has 34 heavy (non-hydrogen) atoms. The zero-order chi connectivity index (χ0) is 24.6. The van der Waals surface area contributed by atoms with Crippen LogP contribution in [0.25, 0.3) is 0 Å². The maximum atomic E-state index is 15.5. The van der Waals surface area contributed by atoms with Crippen molar-refractivity contribution in [1.82, 2.24) is 4.90 Å². The first-order valence-electron chi connectivity index (χ1n) is 13.0. The fourth-order valence-corrected chi connectivity index (χ4v) is 5.35. The van der Waals surface area contributed by atoms with Gasteiger partial charge in [0, 0.05) is 19.5 Å². The van der Waals surface area contributed by atoms with Crippen LogP contribution in [0, 0.1) is 11.3 Å². The summed E-state index contributed by atoms with van der Waals surface area (Å²) in [6.07, 6.45) is 6.90. The van der Waals surface area contributed by atoms with Crippen molar-refractivity contribution in [2.24, 2.45) is 0 Å². The first-order valence-corrected chi connectivity index (χ1v) is 13.0. The molecule has 4 rings (SSSR count). The minimum Gasteiger partial charge on any atom is -0.301 e. The lowest BCUT2D eigenvalue weighted by atomic mass is 9.69. The number of benzene rings is 2. The Morgan fingerprint density at radius 2 is 1.44 bits per heavy atom. The van der Waals surface area contributed by atoms with Crippen molar-refractivity contribution in [3.63, 3.8) is 0 Å². The van der Waals surface area contributed by atoms with E-state index in [0.717, 1.165) is 61.9 Å². The van der Waals surface area contributed by atoms with Gasteiger partial charge in [-0.3, -0.25) is 0 Å². The minimum absolute atomic E-state index is 0.378. The maximum absolute atomic E-state index is 15.5. The lowest BCUT2D eigenvalue weighted by Crippen LogP contribution is -2.37. The quantitative estimate of drug-likeness (QED) is 0.357. The van der Waals surface area contributed by atoms with Crippen LogP contribution < -0.4 is 0 Å². The molecule has 2 aliphatic rings. The van der Waals surface area contributed by atoms with Gasteiger partial charge in [0.2, 0.25) is 0 Å². The molecule has 2 saturated carbocycles. The Labute approximate surface area is 205 Å². The summed E-state index contributed by atoms with van der Waals surface area (Å²) in [5.41, 5.74) is 1.39. The molecule has 0 N–H and O–H groups in total. The van der Waals surface area contributed by atoms with Crippen molar-refractivity contribution in [2.75, 3.05) is 13.1 Å². The zero-order valence-corrected chi connectivity index (χ0v) is 21.1. The molecule has 0 aromatic heterocycles. The number of hydrogen-bond acceptors (Lipinski definition) is 2. The average Bonchev–Trinajstić information content (AvgIpc) is 2.81. The topological polar surface area (TPSA) is 27.0 Å². The van der Waals surface area contributed by atoms with Gasteiger partial charge in [0.25, 0.3) is 0 Å². The van der Waals surface area contributed by atoms with Crippen molar-refractivity contribution in [1.29, 1.82) is 5.26 Å². The van der Waals surface area contributed by atoms with Gasteiger partial charge in [-0.1, -0.05) is 55.5 Å². The highest BCUT2D eigenvalue weighted by atomic mass is 19.1. The fraction of sp³-hybridized carbons (Fsp3) is 0.567. The van der Waals surface area contributed by atoms with Crippen LogP contribution in [0.1, 0.15) is 88.0 Å². The van der Waals surface area contributed by atoms with Gasteiger partial charge in [-0.25, -0.2) is 8.78 Å². The number of nitriles is 1. The third-order valence-corrected chi connectivity index (χ3v) is 7.81. The predicted molar refractivity (Wildman–Crippen MR) is 136 cm³/mol. The van der Waals surface area contributed by atoms with Gasteiger partial charge < -0.3 is 4.90 Å². The summed E-state index contributed by atoms with van der Waals surface area (Å²) in [6, 6.07) is 18.5. The molecule has 0 spiro atoms. The lowest BCUT2D eigenvalue weighted by molar-refractivity contribution is 0.0512.